The zero-order valence-corrected chi connectivity index (χ0v) is 17.3. The quantitative estimate of drug-likeness (QED) is 0.521. The van der Waals surface area contributed by atoms with Crippen LogP contribution in [0, 0.1) is 5.92 Å². The first-order valence-electron chi connectivity index (χ1n) is 10.1. The van der Waals surface area contributed by atoms with Crippen LogP contribution in [0.3, 0.4) is 0 Å². The Bertz CT molecular complexity index is 1280. The van der Waals surface area contributed by atoms with Gasteiger partial charge in [0.25, 0.3) is 0 Å². The van der Waals surface area contributed by atoms with E-state index in [1.807, 2.05) is 70.2 Å². The zero-order valence-electron chi connectivity index (χ0n) is 17.3. The minimum Gasteiger partial charge on any atom is -0.488 e. The van der Waals surface area contributed by atoms with E-state index in [-0.39, 0.29) is 17.8 Å². The molecule has 0 saturated carbocycles. The Labute approximate surface area is 173 Å². The van der Waals surface area contributed by atoms with Crippen molar-refractivity contribution < 1.29 is 18.7 Å². The van der Waals surface area contributed by atoms with Crippen molar-refractivity contribution in [3.63, 3.8) is 0 Å². The maximum absolute atomic E-state index is 13.4. The van der Waals surface area contributed by atoms with Gasteiger partial charge >= 0.3 is 5.63 Å². The van der Waals surface area contributed by atoms with Gasteiger partial charge in [-0.25, -0.2) is 4.79 Å². The van der Waals surface area contributed by atoms with Gasteiger partial charge in [-0.2, -0.15) is 0 Å². The largest absolute Gasteiger partial charge is 0.488 e. The van der Waals surface area contributed by atoms with E-state index in [4.69, 9.17) is 13.9 Å². The van der Waals surface area contributed by atoms with Crippen LogP contribution in [0.25, 0.3) is 28.2 Å². The molecule has 0 N–H and O–H groups in total. The van der Waals surface area contributed by atoms with Gasteiger partial charge in [-0.1, -0.05) is 37.3 Å². The Kier molecular flexibility index (Phi) is 3.94. The van der Waals surface area contributed by atoms with Crippen molar-refractivity contribution in [2.24, 2.45) is 5.92 Å². The predicted molar refractivity (Wildman–Crippen MR) is 115 cm³/mol. The summed E-state index contributed by atoms with van der Waals surface area (Å²) in [5.41, 5.74) is 1.85. The molecule has 0 amide bonds. The smallest absolute Gasteiger partial charge is 0.336 e. The number of ether oxygens (including phenoxy) is 2. The average molecular weight is 402 g/mol. The van der Waals surface area contributed by atoms with Crippen LogP contribution in [-0.2, 0) is 0 Å². The molecule has 0 radical (unpaired) electrons. The molecule has 2 aliphatic heterocycles. The number of fused-ring (bicyclic) bond motifs is 6. The van der Waals surface area contributed by atoms with Crippen molar-refractivity contribution in [3.05, 3.63) is 64.0 Å². The summed E-state index contributed by atoms with van der Waals surface area (Å²) in [7, 11) is 0. The Morgan fingerprint density at radius 2 is 1.73 bits per heavy atom. The van der Waals surface area contributed by atoms with Crippen LogP contribution in [0.5, 0.6) is 11.5 Å². The highest BCUT2D eigenvalue weighted by Gasteiger charge is 2.40. The van der Waals surface area contributed by atoms with E-state index in [2.05, 4.69) is 0 Å². The molecule has 0 bridgehead atoms. The van der Waals surface area contributed by atoms with Gasteiger partial charge in [0.2, 0.25) is 0 Å². The van der Waals surface area contributed by atoms with Crippen LogP contribution in [0.4, 0.5) is 0 Å². The number of Topliss-reactive ketones (excluding diaryl/α,β-unsaturated/α-hetero) is 1. The number of hydrogen-bond acceptors (Lipinski definition) is 5. The second-order valence-electron chi connectivity index (χ2n) is 8.51. The fraction of sp³-hybridized carbons (Fsp3) is 0.280. The van der Waals surface area contributed by atoms with Crippen molar-refractivity contribution in [1.29, 1.82) is 0 Å². The van der Waals surface area contributed by atoms with E-state index < -0.39 is 11.2 Å². The molecular weight excluding hydrogens is 380 g/mol. The van der Waals surface area contributed by atoms with E-state index in [0.29, 0.717) is 39.2 Å². The van der Waals surface area contributed by atoms with Gasteiger partial charge in [-0.15, -0.1) is 0 Å². The fourth-order valence-electron chi connectivity index (χ4n) is 4.13. The van der Waals surface area contributed by atoms with Crippen LogP contribution < -0.4 is 15.1 Å². The molecule has 152 valence electrons. The van der Waals surface area contributed by atoms with Gasteiger partial charge in [0.1, 0.15) is 28.8 Å². The molecule has 0 aliphatic carbocycles. The van der Waals surface area contributed by atoms with Gasteiger partial charge in [-0.3, -0.25) is 4.79 Å². The van der Waals surface area contributed by atoms with Crippen LogP contribution in [0.1, 0.15) is 43.6 Å². The number of benzene rings is 2. The summed E-state index contributed by atoms with van der Waals surface area (Å²) in [5.74, 6) is 0.501. The number of carbonyl (C=O) groups excluding carboxylic acids is 1. The van der Waals surface area contributed by atoms with Gasteiger partial charge in [0.15, 0.2) is 11.4 Å². The summed E-state index contributed by atoms with van der Waals surface area (Å²) in [6, 6.07) is 11.0. The number of carbonyl (C=O) groups is 1. The standard InChI is InChI=1S/C25H22O5/c1-13-14(2)28-24-19-17(15-8-6-5-7-9-15)12-18(26)29-22(19)16-10-11-25(3,4)30-23(16)20(24)21(13)27/h5-14H,1-4H3/t13-,14-/m1/s1. The van der Waals surface area contributed by atoms with Crippen molar-refractivity contribution in [3.8, 4) is 22.6 Å². The zero-order chi connectivity index (χ0) is 21.2. The average Bonchev–Trinajstić information content (AvgIpc) is 2.71. The lowest BCUT2D eigenvalue weighted by atomic mass is 9.85. The highest BCUT2D eigenvalue weighted by Crippen LogP contribution is 2.50. The molecule has 2 aliphatic rings. The maximum atomic E-state index is 13.4. The van der Waals surface area contributed by atoms with Gasteiger partial charge < -0.3 is 13.9 Å². The highest BCUT2D eigenvalue weighted by atomic mass is 16.5. The summed E-state index contributed by atoms with van der Waals surface area (Å²) in [6.45, 7) is 7.57. The van der Waals surface area contributed by atoms with Crippen LogP contribution >= 0.6 is 0 Å². The first-order valence-corrected chi connectivity index (χ1v) is 10.1. The van der Waals surface area contributed by atoms with Crippen molar-refractivity contribution >= 4 is 22.8 Å². The summed E-state index contributed by atoms with van der Waals surface area (Å²) in [4.78, 5) is 25.9. The first-order chi connectivity index (χ1) is 14.3. The Balaban J connectivity index is 1.98. The maximum Gasteiger partial charge on any atom is 0.336 e. The van der Waals surface area contributed by atoms with Gasteiger partial charge in [-0.05, 0) is 38.5 Å². The number of ketones is 1. The van der Waals surface area contributed by atoms with Gasteiger partial charge in [0, 0.05) is 11.6 Å². The fourth-order valence-corrected chi connectivity index (χ4v) is 4.13. The van der Waals surface area contributed by atoms with E-state index >= 15 is 0 Å². The summed E-state index contributed by atoms with van der Waals surface area (Å²) >= 11 is 0. The van der Waals surface area contributed by atoms with Crippen LogP contribution in [-0.4, -0.2) is 17.5 Å². The minimum absolute atomic E-state index is 0.0294. The molecule has 30 heavy (non-hydrogen) atoms. The SMILES string of the molecule is C[C@H]1Oc2c(c3c(c4oc(=O)cc(-c5ccccc5)c24)C=CC(C)(C)O3)C(=O)[C@@H]1C. The molecule has 5 heteroatoms. The number of hydrogen-bond donors (Lipinski definition) is 0. The Morgan fingerprint density at radius 3 is 2.47 bits per heavy atom. The minimum atomic E-state index is -0.599. The van der Waals surface area contributed by atoms with Crippen molar-refractivity contribution in [2.45, 2.75) is 39.4 Å². The van der Waals surface area contributed by atoms with E-state index in [0.717, 1.165) is 5.56 Å². The molecule has 3 aromatic rings. The molecule has 5 nitrogen and oxygen atoms in total. The third-order valence-electron chi connectivity index (χ3n) is 5.90. The van der Waals surface area contributed by atoms with Crippen LogP contribution in [0.2, 0.25) is 0 Å². The Hall–Kier alpha value is -3.34. The molecular formula is C25H22O5. The number of rotatable bonds is 1. The third-order valence-corrected chi connectivity index (χ3v) is 5.90. The summed E-state index contributed by atoms with van der Waals surface area (Å²) < 4.78 is 18.2. The molecule has 2 aromatic carbocycles. The highest BCUT2D eigenvalue weighted by molar-refractivity contribution is 6.14. The van der Waals surface area contributed by atoms with Crippen LogP contribution in [0.15, 0.2) is 51.7 Å². The molecule has 0 spiro atoms. The van der Waals surface area contributed by atoms with E-state index in [1.54, 1.807) is 0 Å². The molecule has 5 rings (SSSR count). The normalized spacial score (nSPS) is 21.5. The first kappa shape index (κ1) is 18.7. The topological polar surface area (TPSA) is 65.7 Å². The second kappa shape index (κ2) is 6.33. The lowest BCUT2D eigenvalue weighted by Gasteiger charge is -2.35. The second-order valence-corrected chi connectivity index (χ2v) is 8.51. The molecule has 3 heterocycles. The van der Waals surface area contributed by atoms with Gasteiger partial charge in [0.05, 0.1) is 16.9 Å². The third kappa shape index (κ3) is 2.69. The predicted octanol–water partition coefficient (Wildman–Crippen LogP) is 5.24. The molecule has 2 atom stereocenters. The molecule has 0 fully saturated rings. The molecule has 0 saturated heterocycles. The van der Waals surface area contributed by atoms with E-state index in [1.165, 1.54) is 6.07 Å². The lowest BCUT2D eigenvalue weighted by Crippen LogP contribution is -2.36. The van der Waals surface area contributed by atoms with Crippen molar-refractivity contribution in [1.82, 2.24) is 0 Å². The summed E-state index contributed by atoms with van der Waals surface area (Å²) in [6.07, 6.45) is 3.46. The van der Waals surface area contributed by atoms with E-state index in [9.17, 15) is 9.59 Å². The lowest BCUT2D eigenvalue weighted by molar-refractivity contribution is 0.0715. The Morgan fingerprint density at radius 1 is 1.00 bits per heavy atom. The monoisotopic (exact) mass is 402 g/mol. The van der Waals surface area contributed by atoms with Crippen molar-refractivity contribution in [2.75, 3.05) is 0 Å². The summed E-state index contributed by atoms with van der Waals surface area (Å²) in [5, 5.41) is 0.620. The molecule has 1 aromatic heterocycles. The molecule has 0 unspecified atom stereocenters.